The molecule has 0 spiro atoms. The molecule has 0 amide bonds. The summed E-state index contributed by atoms with van der Waals surface area (Å²) in [5.41, 5.74) is 2.32. The highest BCUT2D eigenvalue weighted by atomic mass is 35.5. The molecule has 1 atom stereocenters. The Morgan fingerprint density at radius 1 is 1.29 bits per heavy atom. The first kappa shape index (κ1) is 11.4. The van der Waals surface area contributed by atoms with Crippen molar-refractivity contribution < 1.29 is 4.74 Å². The van der Waals surface area contributed by atoms with Crippen LogP contribution in [0.1, 0.15) is 21.4 Å². The number of thiophene rings is 1. The monoisotopic (exact) mass is 284 g/mol. The Bertz CT molecular complexity index is 550. The first-order valence-corrected chi connectivity index (χ1v) is 7.07. The minimum Gasteiger partial charge on any atom is -0.493 e. The Kier molecular flexibility index (Phi) is 3.03. The summed E-state index contributed by atoms with van der Waals surface area (Å²) in [6.07, 6.45) is 0.963. The van der Waals surface area contributed by atoms with Gasteiger partial charge in [-0.1, -0.05) is 23.7 Å². The van der Waals surface area contributed by atoms with Gasteiger partial charge in [-0.2, -0.15) is 0 Å². The Morgan fingerprint density at radius 2 is 2.18 bits per heavy atom. The second-order valence-electron chi connectivity index (χ2n) is 3.96. The molecule has 4 heteroatoms. The Morgan fingerprint density at radius 3 is 2.94 bits per heavy atom. The predicted molar refractivity (Wildman–Crippen MR) is 72.7 cm³/mol. The molecule has 0 saturated carbocycles. The summed E-state index contributed by atoms with van der Waals surface area (Å²) < 4.78 is 5.48. The molecule has 0 N–H and O–H groups in total. The Hall–Kier alpha value is -0.700. The zero-order chi connectivity index (χ0) is 11.8. The van der Waals surface area contributed by atoms with Crippen molar-refractivity contribution in [3.8, 4) is 5.75 Å². The number of hydrogen-bond donors (Lipinski definition) is 0. The molecule has 17 heavy (non-hydrogen) atoms. The maximum Gasteiger partial charge on any atom is 0.122 e. The summed E-state index contributed by atoms with van der Waals surface area (Å²) in [6, 6.07) is 8.01. The van der Waals surface area contributed by atoms with Gasteiger partial charge in [0.15, 0.2) is 0 Å². The Balaban J connectivity index is 1.97. The van der Waals surface area contributed by atoms with Crippen molar-refractivity contribution in [1.29, 1.82) is 0 Å². The molecule has 0 bridgehead atoms. The van der Waals surface area contributed by atoms with Crippen LogP contribution in [-0.4, -0.2) is 6.61 Å². The smallest absolute Gasteiger partial charge is 0.122 e. The van der Waals surface area contributed by atoms with E-state index >= 15 is 0 Å². The number of rotatable bonds is 2. The van der Waals surface area contributed by atoms with Crippen molar-refractivity contribution in [2.24, 2.45) is 0 Å². The maximum atomic E-state index is 6.47. The first-order chi connectivity index (χ1) is 8.25. The van der Waals surface area contributed by atoms with Gasteiger partial charge in [0.2, 0.25) is 0 Å². The summed E-state index contributed by atoms with van der Waals surface area (Å²) in [4.78, 5) is 1.01. The lowest BCUT2D eigenvalue weighted by Crippen LogP contribution is -1.92. The van der Waals surface area contributed by atoms with Gasteiger partial charge in [0.25, 0.3) is 0 Å². The lowest BCUT2D eigenvalue weighted by molar-refractivity contribution is 0.357. The molecule has 0 radical (unpaired) electrons. The van der Waals surface area contributed by atoms with E-state index in [1.807, 2.05) is 23.6 Å². The van der Waals surface area contributed by atoms with Crippen LogP contribution in [-0.2, 0) is 6.42 Å². The van der Waals surface area contributed by atoms with E-state index in [1.165, 1.54) is 5.56 Å². The van der Waals surface area contributed by atoms with Gasteiger partial charge in [0, 0.05) is 11.3 Å². The van der Waals surface area contributed by atoms with Crippen LogP contribution in [0.2, 0.25) is 5.02 Å². The van der Waals surface area contributed by atoms with Crippen LogP contribution in [0.3, 0.4) is 0 Å². The minimum atomic E-state index is -0.173. The van der Waals surface area contributed by atoms with Crippen molar-refractivity contribution in [3.05, 3.63) is 50.7 Å². The summed E-state index contributed by atoms with van der Waals surface area (Å²) in [6.45, 7) is 0.769. The van der Waals surface area contributed by atoms with E-state index in [9.17, 15) is 0 Å². The number of hydrogen-bond acceptors (Lipinski definition) is 2. The number of ether oxygens (including phenoxy) is 1. The zero-order valence-corrected chi connectivity index (χ0v) is 11.3. The first-order valence-electron chi connectivity index (χ1n) is 5.38. The summed E-state index contributed by atoms with van der Waals surface area (Å²) in [5.74, 6) is 0.981. The fourth-order valence-electron chi connectivity index (χ4n) is 2.00. The molecular weight excluding hydrogens is 275 g/mol. The molecule has 88 valence electrons. The van der Waals surface area contributed by atoms with E-state index < -0.39 is 0 Å². The second kappa shape index (κ2) is 4.52. The van der Waals surface area contributed by atoms with Gasteiger partial charge >= 0.3 is 0 Å². The number of alkyl halides is 1. The highest BCUT2D eigenvalue weighted by Gasteiger charge is 2.19. The highest BCUT2D eigenvalue weighted by molar-refractivity contribution is 7.11. The van der Waals surface area contributed by atoms with E-state index in [1.54, 1.807) is 11.3 Å². The quantitative estimate of drug-likeness (QED) is 0.729. The van der Waals surface area contributed by atoms with Crippen LogP contribution in [0.15, 0.2) is 29.6 Å². The number of fused-ring (bicyclic) bond motifs is 1. The minimum absolute atomic E-state index is 0.173. The number of benzene rings is 1. The average Bonchev–Trinajstić information content (AvgIpc) is 2.95. The van der Waals surface area contributed by atoms with Gasteiger partial charge in [0.05, 0.1) is 17.0 Å². The van der Waals surface area contributed by atoms with Gasteiger partial charge in [0.1, 0.15) is 5.75 Å². The van der Waals surface area contributed by atoms with Gasteiger partial charge in [-0.05, 0) is 28.6 Å². The molecule has 0 fully saturated rings. The van der Waals surface area contributed by atoms with E-state index in [0.29, 0.717) is 0 Å². The lowest BCUT2D eigenvalue weighted by atomic mass is 10.1. The molecule has 2 aromatic rings. The summed E-state index contributed by atoms with van der Waals surface area (Å²) in [7, 11) is 0. The molecule has 0 aliphatic carbocycles. The van der Waals surface area contributed by atoms with Crippen molar-refractivity contribution in [1.82, 2.24) is 0 Å². The molecule has 1 unspecified atom stereocenters. The SMILES string of the molecule is Clc1ccsc1C(Cl)c1ccc2c(c1)CCO2. The average molecular weight is 285 g/mol. The van der Waals surface area contributed by atoms with Crippen LogP contribution >= 0.6 is 34.5 Å². The third-order valence-electron chi connectivity index (χ3n) is 2.88. The second-order valence-corrected chi connectivity index (χ2v) is 5.75. The fourth-order valence-corrected chi connectivity index (χ4v) is 3.63. The molecule has 1 aliphatic rings. The maximum absolute atomic E-state index is 6.47. The normalized spacial score (nSPS) is 15.4. The molecule has 1 aromatic heterocycles. The number of halogens is 2. The van der Waals surface area contributed by atoms with Crippen LogP contribution in [0.4, 0.5) is 0 Å². The van der Waals surface area contributed by atoms with Crippen molar-refractivity contribution in [2.45, 2.75) is 11.8 Å². The van der Waals surface area contributed by atoms with Crippen molar-refractivity contribution >= 4 is 34.5 Å². The summed E-state index contributed by atoms with van der Waals surface area (Å²) in [5, 5.41) is 2.53. The van der Waals surface area contributed by atoms with Crippen LogP contribution in [0.25, 0.3) is 0 Å². The van der Waals surface area contributed by atoms with Crippen LogP contribution in [0.5, 0.6) is 5.75 Å². The standard InChI is InChI=1S/C13H10Cl2OS/c14-10-4-6-17-13(10)12(15)9-1-2-11-8(7-9)3-5-16-11/h1-2,4,6-7,12H,3,5H2. The molecular formula is C13H10Cl2OS. The summed E-state index contributed by atoms with van der Waals surface area (Å²) >= 11 is 14.2. The third kappa shape index (κ3) is 2.05. The van der Waals surface area contributed by atoms with Gasteiger partial charge in [-0.25, -0.2) is 0 Å². The molecule has 3 rings (SSSR count). The van der Waals surface area contributed by atoms with Crippen molar-refractivity contribution in [3.63, 3.8) is 0 Å². The van der Waals surface area contributed by atoms with Gasteiger partial charge in [-0.15, -0.1) is 22.9 Å². The van der Waals surface area contributed by atoms with E-state index in [2.05, 4.69) is 6.07 Å². The molecule has 1 nitrogen and oxygen atoms in total. The van der Waals surface area contributed by atoms with Crippen molar-refractivity contribution in [2.75, 3.05) is 6.61 Å². The van der Waals surface area contributed by atoms with Crippen LogP contribution < -0.4 is 4.74 Å². The molecule has 2 heterocycles. The molecule has 1 aliphatic heterocycles. The molecule has 0 saturated heterocycles. The highest BCUT2D eigenvalue weighted by Crippen LogP contribution is 2.39. The Labute approximate surface area is 114 Å². The lowest BCUT2D eigenvalue weighted by Gasteiger charge is -2.10. The van der Waals surface area contributed by atoms with Gasteiger partial charge in [-0.3, -0.25) is 0 Å². The van der Waals surface area contributed by atoms with E-state index in [-0.39, 0.29) is 5.38 Å². The largest absolute Gasteiger partial charge is 0.493 e. The predicted octanol–water partition coefficient (Wildman–Crippen LogP) is 4.66. The zero-order valence-electron chi connectivity index (χ0n) is 8.95. The van der Waals surface area contributed by atoms with Gasteiger partial charge < -0.3 is 4.74 Å². The van der Waals surface area contributed by atoms with Crippen LogP contribution in [0, 0.1) is 0 Å². The fraction of sp³-hybridized carbons (Fsp3) is 0.231. The van der Waals surface area contributed by atoms with E-state index in [4.69, 9.17) is 27.9 Å². The third-order valence-corrected chi connectivity index (χ3v) is 4.90. The topological polar surface area (TPSA) is 9.23 Å². The van der Waals surface area contributed by atoms with E-state index in [0.717, 1.165) is 34.2 Å². The molecule has 1 aromatic carbocycles.